The first-order chi connectivity index (χ1) is 6.75. The van der Waals surface area contributed by atoms with Crippen LogP contribution in [0.2, 0.25) is 0 Å². The Morgan fingerprint density at radius 2 is 2.07 bits per heavy atom. The van der Waals surface area contributed by atoms with Crippen molar-refractivity contribution in [2.24, 2.45) is 7.05 Å². The lowest BCUT2D eigenvalue weighted by atomic mass is 10.2. The number of rotatable bonds is 0. The lowest BCUT2D eigenvalue weighted by molar-refractivity contribution is 0.983. The van der Waals surface area contributed by atoms with Crippen LogP contribution < -0.4 is 5.73 Å². The van der Waals surface area contributed by atoms with Crippen LogP contribution in [-0.2, 0) is 7.05 Å². The Balaban J connectivity index is 2.56. The number of anilines is 1. The maximum absolute atomic E-state index is 5.84. The smallest absolute Gasteiger partial charge is 0.104 e. The zero-order valence-corrected chi connectivity index (χ0v) is 7.91. The van der Waals surface area contributed by atoms with Gasteiger partial charge >= 0.3 is 0 Å². The Labute approximate surface area is 81.1 Å². The van der Waals surface area contributed by atoms with Crippen molar-refractivity contribution in [3.05, 3.63) is 30.5 Å². The number of nitrogens with one attached hydrogen (secondary N) is 1. The number of H-pyrrole nitrogens is 1. The molecule has 0 atom stereocenters. The van der Waals surface area contributed by atoms with Gasteiger partial charge in [0.15, 0.2) is 0 Å². The fourth-order valence-corrected chi connectivity index (χ4v) is 1.91. The van der Waals surface area contributed by atoms with Gasteiger partial charge in [0.2, 0.25) is 0 Å². The first kappa shape index (κ1) is 7.50. The first-order valence-corrected chi connectivity index (χ1v) is 4.58. The molecule has 0 radical (unpaired) electrons. The fourth-order valence-electron chi connectivity index (χ4n) is 1.91. The molecule has 3 heteroatoms. The van der Waals surface area contributed by atoms with Crippen molar-refractivity contribution in [3.63, 3.8) is 0 Å². The summed E-state index contributed by atoms with van der Waals surface area (Å²) < 4.78 is 2.00. The molecular weight excluding hydrogens is 174 g/mol. The van der Waals surface area contributed by atoms with Crippen molar-refractivity contribution in [1.29, 1.82) is 0 Å². The third-order valence-corrected chi connectivity index (χ3v) is 2.75. The van der Waals surface area contributed by atoms with E-state index >= 15 is 0 Å². The molecule has 0 saturated carbocycles. The standard InChI is InChI=1S/C11H11N3/c1-14-10-6-9-7(2-3-13-9)4-8(10)5-11(14)12/h2-6,13H,12H2,1H3. The van der Waals surface area contributed by atoms with E-state index in [1.807, 2.05) is 23.9 Å². The van der Waals surface area contributed by atoms with E-state index in [0.717, 1.165) is 16.9 Å². The molecule has 0 fully saturated rings. The summed E-state index contributed by atoms with van der Waals surface area (Å²) in [5.74, 6) is 0.799. The summed E-state index contributed by atoms with van der Waals surface area (Å²) in [5, 5.41) is 2.42. The minimum absolute atomic E-state index is 0.799. The number of nitrogens with two attached hydrogens (primary N) is 1. The molecule has 70 valence electrons. The van der Waals surface area contributed by atoms with Gasteiger partial charge in [0, 0.05) is 29.5 Å². The molecule has 1 aromatic carbocycles. The molecule has 3 aromatic rings. The monoisotopic (exact) mass is 185 g/mol. The van der Waals surface area contributed by atoms with Crippen LogP contribution in [-0.4, -0.2) is 9.55 Å². The molecule has 3 nitrogen and oxygen atoms in total. The number of aromatic nitrogens is 2. The number of benzene rings is 1. The molecule has 3 rings (SSSR count). The Bertz CT molecular complexity index is 616. The molecule has 14 heavy (non-hydrogen) atoms. The topological polar surface area (TPSA) is 46.7 Å². The summed E-state index contributed by atoms with van der Waals surface area (Å²) in [5.41, 5.74) is 8.15. The van der Waals surface area contributed by atoms with Crippen molar-refractivity contribution < 1.29 is 0 Å². The summed E-state index contributed by atoms with van der Waals surface area (Å²) in [4.78, 5) is 3.19. The minimum atomic E-state index is 0.799. The van der Waals surface area contributed by atoms with Crippen molar-refractivity contribution in [2.45, 2.75) is 0 Å². The van der Waals surface area contributed by atoms with Crippen molar-refractivity contribution in [1.82, 2.24) is 9.55 Å². The van der Waals surface area contributed by atoms with Crippen LogP contribution in [0.4, 0.5) is 5.82 Å². The van der Waals surface area contributed by atoms with Gasteiger partial charge in [-0.2, -0.15) is 0 Å². The largest absolute Gasteiger partial charge is 0.385 e. The average molecular weight is 185 g/mol. The highest BCUT2D eigenvalue weighted by atomic mass is 15.0. The van der Waals surface area contributed by atoms with Crippen LogP contribution in [0.15, 0.2) is 30.5 Å². The van der Waals surface area contributed by atoms with E-state index in [1.165, 1.54) is 10.8 Å². The van der Waals surface area contributed by atoms with E-state index in [2.05, 4.69) is 23.2 Å². The SMILES string of the molecule is Cn1c(N)cc2cc3cc[nH]c3cc21. The molecule has 0 aliphatic rings. The first-order valence-electron chi connectivity index (χ1n) is 4.58. The molecule has 0 amide bonds. The zero-order valence-electron chi connectivity index (χ0n) is 7.91. The predicted octanol–water partition coefficient (Wildman–Crippen LogP) is 2.24. The molecule has 3 N–H and O–H groups in total. The van der Waals surface area contributed by atoms with Gasteiger partial charge in [-0.3, -0.25) is 0 Å². The van der Waals surface area contributed by atoms with Gasteiger partial charge < -0.3 is 15.3 Å². The minimum Gasteiger partial charge on any atom is -0.385 e. The van der Waals surface area contributed by atoms with Crippen LogP contribution in [0, 0.1) is 0 Å². The maximum Gasteiger partial charge on any atom is 0.104 e. The molecule has 2 aromatic heterocycles. The van der Waals surface area contributed by atoms with E-state index in [-0.39, 0.29) is 0 Å². The quantitative estimate of drug-likeness (QED) is 0.554. The Morgan fingerprint density at radius 1 is 1.21 bits per heavy atom. The fraction of sp³-hybridized carbons (Fsp3) is 0.0909. The van der Waals surface area contributed by atoms with Crippen LogP contribution in [0.5, 0.6) is 0 Å². The van der Waals surface area contributed by atoms with Crippen molar-refractivity contribution >= 4 is 27.6 Å². The highest BCUT2D eigenvalue weighted by molar-refractivity contribution is 5.97. The molecule has 0 spiro atoms. The van der Waals surface area contributed by atoms with E-state index in [4.69, 9.17) is 5.73 Å². The summed E-state index contributed by atoms with van der Waals surface area (Å²) >= 11 is 0. The predicted molar refractivity (Wildman–Crippen MR) is 59.2 cm³/mol. The molecular formula is C11H11N3. The van der Waals surface area contributed by atoms with Gasteiger partial charge in [-0.15, -0.1) is 0 Å². The van der Waals surface area contributed by atoms with E-state index in [9.17, 15) is 0 Å². The number of aryl methyl sites for hydroxylation is 1. The molecule has 0 unspecified atom stereocenters. The number of nitrogen functional groups attached to an aromatic ring is 1. The summed E-state index contributed by atoms with van der Waals surface area (Å²) in [6.45, 7) is 0. The van der Waals surface area contributed by atoms with Crippen LogP contribution in [0.25, 0.3) is 21.8 Å². The van der Waals surface area contributed by atoms with Gasteiger partial charge in [0.05, 0.1) is 5.52 Å². The second-order valence-corrected chi connectivity index (χ2v) is 3.60. The lowest BCUT2D eigenvalue weighted by Gasteiger charge is -1.98. The normalized spacial score (nSPS) is 11.5. The Kier molecular flexibility index (Phi) is 1.24. The zero-order chi connectivity index (χ0) is 9.71. The van der Waals surface area contributed by atoms with Crippen molar-refractivity contribution in [3.8, 4) is 0 Å². The number of hydrogen-bond donors (Lipinski definition) is 2. The number of hydrogen-bond acceptors (Lipinski definition) is 1. The van der Waals surface area contributed by atoms with Gasteiger partial charge in [0.1, 0.15) is 5.82 Å². The number of aromatic amines is 1. The van der Waals surface area contributed by atoms with E-state index < -0.39 is 0 Å². The lowest BCUT2D eigenvalue weighted by Crippen LogP contribution is -1.94. The summed E-state index contributed by atoms with van der Waals surface area (Å²) in [6.07, 6.45) is 1.95. The van der Waals surface area contributed by atoms with Crippen LogP contribution >= 0.6 is 0 Å². The number of fused-ring (bicyclic) bond motifs is 2. The second-order valence-electron chi connectivity index (χ2n) is 3.60. The molecule has 0 bridgehead atoms. The summed E-state index contributed by atoms with van der Waals surface area (Å²) in [6, 6.07) is 8.35. The molecule has 0 saturated heterocycles. The molecule has 2 heterocycles. The third kappa shape index (κ3) is 0.812. The van der Waals surface area contributed by atoms with E-state index in [0.29, 0.717) is 0 Å². The number of nitrogens with zero attached hydrogens (tertiary/aromatic N) is 1. The third-order valence-electron chi connectivity index (χ3n) is 2.75. The highest BCUT2D eigenvalue weighted by Crippen LogP contribution is 2.25. The Morgan fingerprint density at radius 3 is 2.93 bits per heavy atom. The van der Waals surface area contributed by atoms with Crippen molar-refractivity contribution in [2.75, 3.05) is 5.73 Å². The average Bonchev–Trinajstić information content (AvgIpc) is 2.70. The van der Waals surface area contributed by atoms with E-state index in [1.54, 1.807) is 0 Å². The van der Waals surface area contributed by atoms with Gasteiger partial charge in [-0.05, 0) is 24.3 Å². The summed E-state index contributed by atoms with van der Waals surface area (Å²) in [7, 11) is 1.98. The molecule has 0 aliphatic carbocycles. The Hall–Kier alpha value is -1.90. The second kappa shape index (κ2) is 2.32. The maximum atomic E-state index is 5.84. The highest BCUT2D eigenvalue weighted by Gasteiger charge is 2.04. The van der Waals surface area contributed by atoms with Gasteiger partial charge in [-0.1, -0.05) is 0 Å². The van der Waals surface area contributed by atoms with Gasteiger partial charge in [-0.25, -0.2) is 0 Å². The van der Waals surface area contributed by atoms with Gasteiger partial charge in [0.25, 0.3) is 0 Å². The van der Waals surface area contributed by atoms with Crippen LogP contribution in [0.1, 0.15) is 0 Å². The molecule has 0 aliphatic heterocycles. The van der Waals surface area contributed by atoms with Crippen LogP contribution in [0.3, 0.4) is 0 Å².